The topological polar surface area (TPSA) is 87.9 Å². The molecule has 0 spiro atoms. The van der Waals surface area contributed by atoms with E-state index in [0.29, 0.717) is 24.6 Å². The van der Waals surface area contributed by atoms with Crippen molar-refractivity contribution < 1.29 is 18.1 Å². The number of imidazole rings is 1. The van der Waals surface area contributed by atoms with Gasteiger partial charge in [-0.3, -0.25) is 10.1 Å². The number of nitrogens with one attached hydrogen (secondary N) is 1. The van der Waals surface area contributed by atoms with Gasteiger partial charge in [0.2, 0.25) is 0 Å². The first-order valence-corrected chi connectivity index (χ1v) is 7.63. The van der Waals surface area contributed by atoms with Crippen LogP contribution < -0.4 is 4.90 Å². The predicted octanol–water partition coefficient (Wildman–Crippen LogP) is 3.18. The van der Waals surface area contributed by atoms with Gasteiger partial charge in [0.15, 0.2) is 5.13 Å². The molecule has 0 saturated carbocycles. The number of alkyl halides is 3. The molecule has 2 aromatic heterocycles. The van der Waals surface area contributed by atoms with Crippen molar-refractivity contribution in [1.82, 2.24) is 15.0 Å². The zero-order chi connectivity index (χ0) is 16.6. The van der Waals surface area contributed by atoms with E-state index in [-0.39, 0.29) is 16.7 Å². The van der Waals surface area contributed by atoms with Crippen molar-refractivity contribution in [3.8, 4) is 0 Å². The van der Waals surface area contributed by atoms with Gasteiger partial charge in [-0.05, 0) is 24.2 Å². The summed E-state index contributed by atoms with van der Waals surface area (Å²) in [5.41, 5.74) is -0.866. The van der Waals surface area contributed by atoms with E-state index in [2.05, 4.69) is 15.0 Å². The molecule has 0 unspecified atom stereocenters. The summed E-state index contributed by atoms with van der Waals surface area (Å²) in [5.74, 6) is 0.0934. The molecule has 7 nitrogen and oxygen atoms in total. The molecule has 1 aliphatic rings. The summed E-state index contributed by atoms with van der Waals surface area (Å²) in [7, 11) is 0. The van der Waals surface area contributed by atoms with Crippen LogP contribution in [0.4, 0.5) is 23.3 Å². The first kappa shape index (κ1) is 15.7. The average molecular weight is 347 g/mol. The second kappa shape index (κ2) is 5.80. The number of nitro groups is 1. The number of aromatic amines is 1. The third kappa shape index (κ3) is 3.28. The normalized spacial score (nSPS) is 19.1. The fourth-order valence-corrected chi connectivity index (χ4v) is 3.32. The van der Waals surface area contributed by atoms with Crippen LogP contribution in [-0.2, 0) is 6.18 Å². The highest BCUT2D eigenvalue weighted by Gasteiger charge is 2.34. The van der Waals surface area contributed by atoms with Crippen LogP contribution in [0.25, 0.3) is 0 Å². The summed E-state index contributed by atoms with van der Waals surface area (Å²) >= 11 is 0.959. The van der Waals surface area contributed by atoms with Crippen LogP contribution >= 0.6 is 11.3 Å². The Balaban J connectivity index is 1.75. The summed E-state index contributed by atoms with van der Waals surface area (Å²) in [6.45, 7) is 1.09. The standard InChI is InChI=1S/C12H12F3N5O2S/c13-12(14,15)8-4-16-10(18-8)7-2-1-3-19(6-7)11-17-5-9(23-11)20(21)22/h4-5,7H,1-3,6H2,(H,16,18)/t7-/m1/s1. The van der Waals surface area contributed by atoms with E-state index in [1.54, 1.807) is 0 Å². The molecule has 3 rings (SSSR count). The molecule has 3 heterocycles. The van der Waals surface area contributed by atoms with Crippen LogP contribution in [0.3, 0.4) is 0 Å². The lowest BCUT2D eigenvalue weighted by Crippen LogP contribution is -2.34. The first-order chi connectivity index (χ1) is 10.8. The van der Waals surface area contributed by atoms with Gasteiger partial charge in [-0.15, -0.1) is 0 Å². The summed E-state index contributed by atoms with van der Waals surface area (Å²) < 4.78 is 37.9. The van der Waals surface area contributed by atoms with Crippen molar-refractivity contribution in [2.75, 3.05) is 18.0 Å². The van der Waals surface area contributed by atoms with E-state index < -0.39 is 16.8 Å². The van der Waals surface area contributed by atoms with Gasteiger partial charge in [-0.1, -0.05) is 0 Å². The highest BCUT2D eigenvalue weighted by atomic mass is 32.1. The third-order valence-electron chi connectivity index (χ3n) is 3.64. The fourth-order valence-electron chi connectivity index (χ4n) is 2.55. The molecule has 0 amide bonds. The number of nitrogens with zero attached hydrogens (tertiary/aromatic N) is 4. The molecule has 0 aliphatic carbocycles. The summed E-state index contributed by atoms with van der Waals surface area (Å²) in [6, 6.07) is 0. The molecular weight excluding hydrogens is 335 g/mol. The predicted molar refractivity (Wildman–Crippen MR) is 76.5 cm³/mol. The van der Waals surface area contributed by atoms with Crippen molar-refractivity contribution >= 4 is 21.5 Å². The lowest BCUT2D eigenvalue weighted by Gasteiger charge is -2.31. The zero-order valence-electron chi connectivity index (χ0n) is 11.7. The van der Waals surface area contributed by atoms with Gasteiger partial charge in [0.05, 0.1) is 11.1 Å². The quantitative estimate of drug-likeness (QED) is 0.680. The molecule has 1 fully saturated rings. The van der Waals surface area contributed by atoms with Gasteiger partial charge in [-0.2, -0.15) is 13.2 Å². The van der Waals surface area contributed by atoms with Crippen molar-refractivity contribution in [3.63, 3.8) is 0 Å². The second-order valence-electron chi connectivity index (χ2n) is 5.20. The van der Waals surface area contributed by atoms with Crippen LogP contribution in [-0.4, -0.2) is 33.0 Å². The molecule has 0 aromatic carbocycles. The Morgan fingerprint density at radius 2 is 2.17 bits per heavy atom. The zero-order valence-corrected chi connectivity index (χ0v) is 12.5. The van der Waals surface area contributed by atoms with Crippen LogP contribution in [0.5, 0.6) is 0 Å². The number of hydrogen-bond donors (Lipinski definition) is 1. The highest BCUT2D eigenvalue weighted by molar-refractivity contribution is 7.18. The van der Waals surface area contributed by atoms with E-state index in [0.717, 1.165) is 24.0 Å². The molecule has 1 aliphatic heterocycles. The molecule has 2 aromatic rings. The molecule has 1 N–H and O–H groups in total. The molecule has 1 saturated heterocycles. The van der Waals surface area contributed by atoms with E-state index >= 15 is 0 Å². The Morgan fingerprint density at radius 1 is 1.39 bits per heavy atom. The molecule has 0 bridgehead atoms. The van der Waals surface area contributed by atoms with Gasteiger partial charge < -0.3 is 9.88 Å². The van der Waals surface area contributed by atoms with Crippen molar-refractivity contribution in [2.24, 2.45) is 0 Å². The average Bonchev–Trinajstić information content (AvgIpc) is 3.16. The molecular formula is C12H12F3N5O2S. The molecule has 11 heteroatoms. The van der Waals surface area contributed by atoms with Crippen molar-refractivity contribution in [2.45, 2.75) is 24.9 Å². The van der Waals surface area contributed by atoms with Crippen LogP contribution in [0.1, 0.15) is 30.3 Å². The minimum absolute atomic E-state index is 0.0560. The monoisotopic (exact) mass is 347 g/mol. The van der Waals surface area contributed by atoms with Crippen molar-refractivity contribution in [3.05, 3.63) is 34.0 Å². The van der Waals surface area contributed by atoms with E-state index in [9.17, 15) is 23.3 Å². The lowest BCUT2D eigenvalue weighted by atomic mass is 9.98. The summed E-state index contributed by atoms with van der Waals surface area (Å²) in [5, 5.41) is 11.2. The fraction of sp³-hybridized carbons (Fsp3) is 0.500. The maximum Gasteiger partial charge on any atom is 0.432 e. The number of thiazole rings is 1. The third-order valence-corrected chi connectivity index (χ3v) is 4.65. The highest BCUT2D eigenvalue weighted by Crippen LogP contribution is 2.34. The van der Waals surface area contributed by atoms with Gasteiger partial charge in [0, 0.05) is 19.0 Å². The Labute approximate surface area is 132 Å². The Kier molecular flexibility index (Phi) is 3.96. The maximum absolute atomic E-state index is 12.6. The lowest BCUT2D eigenvalue weighted by molar-refractivity contribution is -0.380. The Morgan fingerprint density at radius 3 is 2.78 bits per heavy atom. The number of halogens is 3. The van der Waals surface area contributed by atoms with E-state index in [4.69, 9.17) is 0 Å². The van der Waals surface area contributed by atoms with Gasteiger partial charge in [-0.25, -0.2) is 9.97 Å². The van der Waals surface area contributed by atoms with Crippen LogP contribution in [0, 0.1) is 10.1 Å². The molecule has 23 heavy (non-hydrogen) atoms. The number of hydrogen-bond acceptors (Lipinski definition) is 6. The summed E-state index contributed by atoms with van der Waals surface area (Å²) in [6.07, 6.45) is -1.01. The minimum Gasteiger partial charge on any atom is -0.347 e. The second-order valence-corrected chi connectivity index (χ2v) is 6.19. The minimum atomic E-state index is -4.45. The number of anilines is 1. The van der Waals surface area contributed by atoms with Gasteiger partial charge in [0.25, 0.3) is 0 Å². The van der Waals surface area contributed by atoms with Crippen LogP contribution in [0.15, 0.2) is 12.4 Å². The first-order valence-electron chi connectivity index (χ1n) is 6.82. The molecule has 0 radical (unpaired) electrons. The SMILES string of the molecule is O=[N+]([O-])c1cnc(N2CCC[C@@H](c3ncc(C(F)(F)F)[nH]3)C2)s1. The van der Waals surface area contributed by atoms with Crippen LogP contribution in [0.2, 0.25) is 0 Å². The number of rotatable bonds is 3. The molecule has 1 atom stereocenters. The number of aromatic nitrogens is 3. The smallest absolute Gasteiger partial charge is 0.347 e. The van der Waals surface area contributed by atoms with Gasteiger partial charge in [0.1, 0.15) is 17.7 Å². The number of H-pyrrole nitrogens is 1. The van der Waals surface area contributed by atoms with Gasteiger partial charge >= 0.3 is 11.2 Å². The van der Waals surface area contributed by atoms with Crippen molar-refractivity contribution in [1.29, 1.82) is 0 Å². The summed E-state index contributed by atoms with van der Waals surface area (Å²) in [4.78, 5) is 22.3. The largest absolute Gasteiger partial charge is 0.432 e. The molecule has 124 valence electrons. The maximum atomic E-state index is 12.6. The van der Waals surface area contributed by atoms with E-state index in [1.807, 2.05) is 4.90 Å². The Bertz CT molecular complexity index is 714. The van der Waals surface area contributed by atoms with E-state index in [1.165, 1.54) is 6.20 Å². The Hall–Kier alpha value is -2.17. The number of piperidine rings is 1.